The van der Waals surface area contributed by atoms with E-state index in [2.05, 4.69) is 57.8 Å². The summed E-state index contributed by atoms with van der Waals surface area (Å²) in [6, 6.07) is 15.9. The molecule has 0 radical (unpaired) electrons. The number of aromatic nitrogens is 1. The molecule has 0 aliphatic carbocycles. The molecular formula is C23H26N4OS. The third kappa shape index (κ3) is 5.02. The smallest absolute Gasteiger partial charge is 0.316 e. The van der Waals surface area contributed by atoms with Crippen LogP contribution in [0, 0.1) is 0 Å². The van der Waals surface area contributed by atoms with Crippen molar-refractivity contribution >= 4 is 40.0 Å². The number of primary amides is 1. The van der Waals surface area contributed by atoms with E-state index in [1.165, 1.54) is 16.7 Å². The Labute approximate surface area is 175 Å². The van der Waals surface area contributed by atoms with Gasteiger partial charge in [-0.05, 0) is 41.3 Å². The van der Waals surface area contributed by atoms with Crippen molar-refractivity contribution in [3.05, 3.63) is 71.9 Å². The van der Waals surface area contributed by atoms with Crippen molar-refractivity contribution in [2.45, 2.75) is 12.2 Å². The lowest BCUT2D eigenvalue weighted by molar-refractivity contribution is 0.259. The minimum absolute atomic E-state index is 0.540. The summed E-state index contributed by atoms with van der Waals surface area (Å²) < 4.78 is 0. The molecule has 0 saturated heterocycles. The summed E-state index contributed by atoms with van der Waals surface area (Å²) in [5, 5.41) is 3.78. The molecule has 0 saturated carbocycles. The van der Waals surface area contributed by atoms with Gasteiger partial charge >= 0.3 is 6.03 Å². The van der Waals surface area contributed by atoms with Gasteiger partial charge < -0.3 is 16.0 Å². The van der Waals surface area contributed by atoms with Crippen LogP contribution in [0.4, 0.5) is 10.5 Å². The van der Waals surface area contributed by atoms with Crippen LogP contribution in [0.3, 0.4) is 0 Å². The number of fused-ring (bicyclic) bond motifs is 1. The number of H-pyrrole nitrogens is 1. The summed E-state index contributed by atoms with van der Waals surface area (Å²) in [5.41, 5.74) is 11.1. The van der Waals surface area contributed by atoms with E-state index in [1.54, 1.807) is 0 Å². The van der Waals surface area contributed by atoms with Gasteiger partial charge in [-0.15, -0.1) is 0 Å². The maximum atomic E-state index is 11.1. The van der Waals surface area contributed by atoms with Gasteiger partial charge in [-0.3, -0.25) is 4.90 Å². The van der Waals surface area contributed by atoms with E-state index in [1.807, 2.05) is 30.0 Å². The Morgan fingerprint density at radius 3 is 2.83 bits per heavy atom. The van der Waals surface area contributed by atoms with Crippen LogP contribution in [-0.2, 0) is 5.75 Å². The molecule has 4 rings (SSSR count). The predicted octanol–water partition coefficient (Wildman–Crippen LogP) is 4.68. The van der Waals surface area contributed by atoms with E-state index in [9.17, 15) is 4.79 Å². The van der Waals surface area contributed by atoms with Gasteiger partial charge in [-0.25, -0.2) is 4.79 Å². The fraction of sp³-hybridized carbons (Fsp3) is 0.261. The fourth-order valence-electron chi connectivity index (χ4n) is 3.72. The third-order valence-corrected chi connectivity index (χ3v) is 6.27. The molecule has 0 atom stereocenters. The van der Waals surface area contributed by atoms with E-state index in [4.69, 9.17) is 5.73 Å². The standard InChI is InChI=1S/C23H26N4OS/c24-23(28)26-20-6-7-22-21(14-20)19(15-25-22)16-29-13-12-27-10-8-18(9-11-27)17-4-2-1-3-5-17/h1-8,14-15,25H,9-13,16H2,(H3,24,26,28). The van der Waals surface area contributed by atoms with Crippen LogP contribution < -0.4 is 11.1 Å². The van der Waals surface area contributed by atoms with Crippen LogP contribution >= 0.6 is 11.8 Å². The maximum Gasteiger partial charge on any atom is 0.316 e. The molecule has 3 aromatic rings. The Bertz CT molecular complexity index is 1010. The van der Waals surface area contributed by atoms with Gasteiger partial charge in [0.05, 0.1) is 0 Å². The van der Waals surface area contributed by atoms with Crippen molar-refractivity contribution in [2.24, 2.45) is 5.73 Å². The summed E-state index contributed by atoms with van der Waals surface area (Å²) in [4.78, 5) is 16.9. The zero-order valence-electron chi connectivity index (χ0n) is 16.4. The summed E-state index contributed by atoms with van der Waals surface area (Å²) in [7, 11) is 0. The van der Waals surface area contributed by atoms with Gasteiger partial charge in [-0.1, -0.05) is 36.4 Å². The Morgan fingerprint density at radius 1 is 1.21 bits per heavy atom. The Morgan fingerprint density at radius 2 is 2.07 bits per heavy atom. The number of thioether (sulfide) groups is 1. The van der Waals surface area contributed by atoms with Crippen molar-refractivity contribution in [1.82, 2.24) is 9.88 Å². The second-order valence-corrected chi connectivity index (χ2v) is 8.37. The Balaban J connectivity index is 1.27. The molecule has 1 aliphatic heterocycles. The average molecular weight is 407 g/mol. The second kappa shape index (κ2) is 9.20. The molecule has 0 spiro atoms. The van der Waals surface area contributed by atoms with Gasteiger partial charge in [-0.2, -0.15) is 11.8 Å². The number of nitrogens with one attached hydrogen (secondary N) is 2. The third-order valence-electron chi connectivity index (χ3n) is 5.28. The summed E-state index contributed by atoms with van der Waals surface area (Å²) in [6.07, 6.45) is 5.55. The molecule has 2 heterocycles. The van der Waals surface area contributed by atoms with Crippen molar-refractivity contribution < 1.29 is 4.79 Å². The molecule has 0 fully saturated rings. The lowest BCUT2D eigenvalue weighted by Gasteiger charge is -2.26. The second-order valence-electron chi connectivity index (χ2n) is 7.26. The van der Waals surface area contributed by atoms with Crippen molar-refractivity contribution in [3.63, 3.8) is 0 Å². The summed E-state index contributed by atoms with van der Waals surface area (Å²) in [5.74, 6) is 2.04. The van der Waals surface area contributed by atoms with Crippen LogP contribution in [-0.4, -0.2) is 41.3 Å². The van der Waals surface area contributed by atoms with Crippen molar-refractivity contribution in [1.29, 1.82) is 0 Å². The monoisotopic (exact) mass is 406 g/mol. The van der Waals surface area contributed by atoms with E-state index in [-0.39, 0.29) is 0 Å². The summed E-state index contributed by atoms with van der Waals surface area (Å²) in [6.45, 7) is 3.25. The van der Waals surface area contributed by atoms with Crippen LogP contribution in [0.2, 0.25) is 0 Å². The summed E-state index contributed by atoms with van der Waals surface area (Å²) >= 11 is 1.94. The van der Waals surface area contributed by atoms with Crippen LogP contribution in [0.15, 0.2) is 60.8 Å². The highest BCUT2D eigenvalue weighted by molar-refractivity contribution is 7.98. The SMILES string of the molecule is NC(=O)Nc1ccc2[nH]cc(CSCCN3CC=C(c4ccccc4)CC3)c2c1. The number of rotatable bonds is 7. The van der Waals surface area contributed by atoms with Crippen molar-refractivity contribution in [3.8, 4) is 0 Å². The number of urea groups is 1. The molecule has 1 aromatic heterocycles. The molecule has 5 nitrogen and oxygen atoms in total. The molecule has 2 amide bonds. The molecule has 2 aromatic carbocycles. The number of amides is 2. The highest BCUT2D eigenvalue weighted by atomic mass is 32.2. The van der Waals surface area contributed by atoms with Gasteiger partial charge in [0.2, 0.25) is 0 Å². The van der Waals surface area contributed by atoms with Gasteiger partial charge in [0.1, 0.15) is 0 Å². The number of nitrogens with zero attached hydrogens (tertiary/aromatic N) is 1. The zero-order chi connectivity index (χ0) is 20.1. The van der Waals surface area contributed by atoms with Crippen LogP contribution in [0.1, 0.15) is 17.5 Å². The first kappa shape index (κ1) is 19.6. The molecule has 4 N–H and O–H groups in total. The fourth-order valence-corrected chi connectivity index (χ4v) is 4.71. The molecule has 0 bridgehead atoms. The molecule has 0 unspecified atom stereocenters. The number of carbonyl (C=O) groups is 1. The van der Waals surface area contributed by atoms with E-state index in [0.29, 0.717) is 0 Å². The molecule has 6 heteroatoms. The number of carbonyl (C=O) groups excluding carboxylic acids is 1. The minimum atomic E-state index is -0.540. The number of aromatic amines is 1. The number of hydrogen-bond acceptors (Lipinski definition) is 3. The number of nitrogens with two attached hydrogens (primary N) is 1. The molecule has 1 aliphatic rings. The maximum absolute atomic E-state index is 11.1. The molecule has 150 valence electrons. The molecular weight excluding hydrogens is 380 g/mol. The average Bonchev–Trinajstić information content (AvgIpc) is 3.14. The van der Waals surface area contributed by atoms with E-state index < -0.39 is 6.03 Å². The quantitative estimate of drug-likeness (QED) is 0.499. The largest absolute Gasteiger partial charge is 0.361 e. The lowest BCUT2D eigenvalue weighted by Crippen LogP contribution is -2.30. The first-order valence-corrected chi connectivity index (χ1v) is 11.1. The Hall–Kier alpha value is -2.70. The van der Waals surface area contributed by atoms with Crippen LogP contribution in [0.5, 0.6) is 0 Å². The Kier molecular flexibility index (Phi) is 6.22. The highest BCUT2D eigenvalue weighted by Crippen LogP contribution is 2.26. The van der Waals surface area contributed by atoms with Gasteiger partial charge in [0, 0.05) is 53.9 Å². The zero-order valence-corrected chi connectivity index (χ0v) is 17.2. The van der Waals surface area contributed by atoms with E-state index in [0.717, 1.165) is 54.2 Å². The lowest BCUT2D eigenvalue weighted by atomic mass is 10.00. The first-order chi connectivity index (χ1) is 14.2. The predicted molar refractivity (Wildman–Crippen MR) is 123 cm³/mol. The first-order valence-electron chi connectivity index (χ1n) is 9.90. The van der Waals surface area contributed by atoms with E-state index >= 15 is 0 Å². The highest BCUT2D eigenvalue weighted by Gasteiger charge is 2.13. The number of hydrogen-bond donors (Lipinski definition) is 3. The topological polar surface area (TPSA) is 74.1 Å². The van der Waals surface area contributed by atoms with Gasteiger partial charge in [0.15, 0.2) is 0 Å². The minimum Gasteiger partial charge on any atom is -0.361 e. The van der Waals surface area contributed by atoms with Crippen LogP contribution in [0.25, 0.3) is 16.5 Å². The normalized spacial score (nSPS) is 14.7. The van der Waals surface area contributed by atoms with Crippen molar-refractivity contribution in [2.75, 3.05) is 30.7 Å². The van der Waals surface area contributed by atoms with Gasteiger partial charge in [0.25, 0.3) is 0 Å². The number of benzene rings is 2. The molecule has 29 heavy (non-hydrogen) atoms. The number of anilines is 1.